The minimum Gasteiger partial charge on any atom is -0.495 e. The Kier molecular flexibility index (Phi) is 3.52. The van der Waals surface area contributed by atoms with Crippen LogP contribution < -0.4 is 15.4 Å². The fourth-order valence-corrected chi connectivity index (χ4v) is 3.49. The molecule has 0 bridgehead atoms. The second-order valence-corrected chi connectivity index (χ2v) is 6.82. The molecular formula is C24H21N5O2. The van der Waals surface area contributed by atoms with Crippen LogP contribution >= 0.6 is 0 Å². The Labute approximate surface area is 185 Å². The molecule has 0 unspecified atom stereocenters. The van der Waals surface area contributed by atoms with Gasteiger partial charge in [-0.2, -0.15) is 0 Å². The van der Waals surface area contributed by atoms with Gasteiger partial charge in [-0.05, 0) is 48.0 Å². The van der Waals surface area contributed by atoms with Crippen molar-refractivity contribution in [2.24, 2.45) is 0 Å². The molecule has 0 fully saturated rings. The summed E-state index contributed by atoms with van der Waals surface area (Å²) in [7, 11) is -2.66. The third-order valence-electron chi connectivity index (χ3n) is 4.92. The average Bonchev–Trinajstić information content (AvgIpc) is 3.45. The van der Waals surface area contributed by atoms with Crippen LogP contribution in [0.25, 0.3) is 21.9 Å². The van der Waals surface area contributed by atoms with Gasteiger partial charge in [0, 0.05) is 35.9 Å². The highest BCUT2D eigenvalue weighted by Crippen LogP contribution is 2.28. The first-order chi connectivity index (χ1) is 17.1. The maximum Gasteiger partial charge on any atom is 0.323 e. The molecule has 0 aliphatic rings. The second-order valence-electron chi connectivity index (χ2n) is 6.82. The van der Waals surface area contributed by atoms with Gasteiger partial charge in [0.15, 0.2) is 0 Å². The summed E-state index contributed by atoms with van der Waals surface area (Å²) in [6.07, 6.45) is 4.88. The number of aromatic amines is 1. The van der Waals surface area contributed by atoms with Gasteiger partial charge in [-0.1, -0.05) is 18.2 Å². The molecule has 0 aliphatic heterocycles. The van der Waals surface area contributed by atoms with Gasteiger partial charge in [-0.3, -0.25) is 0 Å². The van der Waals surface area contributed by atoms with E-state index in [2.05, 4.69) is 20.6 Å². The lowest BCUT2D eigenvalue weighted by atomic mass is 10.2. The predicted molar refractivity (Wildman–Crippen MR) is 123 cm³/mol. The Morgan fingerprint density at radius 3 is 2.90 bits per heavy atom. The lowest BCUT2D eigenvalue weighted by Gasteiger charge is -2.12. The molecular weight excluding hydrogens is 390 g/mol. The van der Waals surface area contributed by atoms with Crippen molar-refractivity contribution in [1.82, 2.24) is 14.5 Å². The Bertz CT molecular complexity index is 1570. The monoisotopic (exact) mass is 416 g/mol. The summed E-state index contributed by atoms with van der Waals surface area (Å²) in [5, 5.41) is 6.67. The van der Waals surface area contributed by atoms with Crippen molar-refractivity contribution < 1.29 is 16.4 Å². The lowest BCUT2D eigenvalue weighted by Crippen LogP contribution is -2.19. The molecule has 5 rings (SSSR count). The number of H-pyrrole nitrogens is 1. The normalized spacial score (nSPS) is 14.3. The van der Waals surface area contributed by atoms with Gasteiger partial charge < -0.3 is 24.9 Å². The van der Waals surface area contributed by atoms with E-state index in [9.17, 15) is 4.79 Å². The number of rotatable bonds is 5. The van der Waals surface area contributed by atoms with Gasteiger partial charge in [-0.25, -0.2) is 9.78 Å². The van der Waals surface area contributed by atoms with Crippen LogP contribution in [0.2, 0.25) is 0 Å². The SMILES string of the molecule is [2H]C([2H])([2H])Oc1ccccc1NC(=O)Nc1cccc2c1ccn2C([2H])([2H])c1c[nH]c2ncccc12. The Balaban J connectivity index is 1.43. The van der Waals surface area contributed by atoms with E-state index in [1.54, 1.807) is 61.1 Å². The van der Waals surface area contributed by atoms with E-state index < -0.39 is 19.6 Å². The minimum atomic E-state index is -2.66. The molecule has 0 radical (unpaired) electrons. The third-order valence-corrected chi connectivity index (χ3v) is 4.92. The molecule has 0 aliphatic carbocycles. The van der Waals surface area contributed by atoms with Crippen molar-refractivity contribution in [3.05, 3.63) is 84.8 Å². The zero-order chi connectivity index (χ0) is 25.5. The highest BCUT2D eigenvalue weighted by molar-refractivity contribution is 6.06. The predicted octanol–water partition coefficient (Wildman–Crippen LogP) is 5.22. The van der Waals surface area contributed by atoms with Crippen LogP contribution in [-0.2, 0) is 6.50 Å². The number of urea groups is 1. The van der Waals surface area contributed by atoms with Crippen LogP contribution in [0.15, 0.2) is 79.3 Å². The summed E-state index contributed by atoms with van der Waals surface area (Å²) in [5.74, 6) is 0.0124. The minimum absolute atomic E-state index is 0.0124. The summed E-state index contributed by atoms with van der Waals surface area (Å²) >= 11 is 0. The number of carbonyl (C=O) groups excluding carboxylic acids is 1. The number of ether oxygens (including phenoxy) is 1. The smallest absolute Gasteiger partial charge is 0.323 e. The topological polar surface area (TPSA) is 84.0 Å². The summed E-state index contributed by atoms with van der Waals surface area (Å²) in [6, 6.07) is 16.1. The Morgan fingerprint density at radius 2 is 1.97 bits per heavy atom. The van der Waals surface area contributed by atoms with Gasteiger partial charge >= 0.3 is 6.03 Å². The molecule has 2 aromatic carbocycles. The first kappa shape index (κ1) is 13.9. The van der Waals surface area contributed by atoms with E-state index in [1.165, 1.54) is 16.7 Å². The molecule has 5 aromatic rings. The zero-order valence-electron chi connectivity index (χ0n) is 21.2. The first-order valence-corrected chi connectivity index (χ1v) is 9.53. The molecule has 2 amide bonds. The van der Waals surface area contributed by atoms with E-state index >= 15 is 0 Å². The van der Waals surface area contributed by atoms with Gasteiger partial charge in [0.25, 0.3) is 0 Å². The molecule has 3 heterocycles. The molecule has 7 heteroatoms. The first-order valence-electron chi connectivity index (χ1n) is 12.0. The van der Waals surface area contributed by atoms with Crippen molar-refractivity contribution in [2.75, 3.05) is 17.7 Å². The molecule has 154 valence electrons. The van der Waals surface area contributed by atoms with Crippen LogP contribution in [0.3, 0.4) is 0 Å². The number of fused-ring (bicyclic) bond motifs is 2. The molecule has 3 N–H and O–H groups in total. The van der Waals surface area contributed by atoms with Gasteiger partial charge in [-0.15, -0.1) is 0 Å². The molecule has 31 heavy (non-hydrogen) atoms. The number of amides is 2. The van der Waals surface area contributed by atoms with E-state index in [-0.39, 0.29) is 11.4 Å². The van der Waals surface area contributed by atoms with Crippen LogP contribution in [0.5, 0.6) is 5.75 Å². The zero-order valence-corrected chi connectivity index (χ0v) is 16.2. The number of benzene rings is 2. The molecule has 3 aromatic heterocycles. The fourth-order valence-electron chi connectivity index (χ4n) is 3.49. The number of hydrogen-bond acceptors (Lipinski definition) is 3. The molecule has 0 atom stereocenters. The van der Waals surface area contributed by atoms with Crippen LogP contribution in [0, 0.1) is 0 Å². The third kappa shape index (κ3) is 3.57. The maximum absolute atomic E-state index is 12.8. The maximum atomic E-state index is 12.8. The van der Waals surface area contributed by atoms with Crippen molar-refractivity contribution in [1.29, 1.82) is 0 Å². The fraction of sp³-hybridized carbons (Fsp3) is 0.0833. The molecule has 0 saturated carbocycles. The van der Waals surface area contributed by atoms with E-state index in [0.29, 0.717) is 33.2 Å². The van der Waals surface area contributed by atoms with E-state index in [0.717, 1.165) is 0 Å². The van der Waals surface area contributed by atoms with Gasteiger partial charge in [0.1, 0.15) is 11.4 Å². The number of nitrogens with one attached hydrogen (secondary N) is 3. The Morgan fingerprint density at radius 1 is 1.10 bits per heavy atom. The number of carbonyl (C=O) groups is 1. The number of aromatic nitrogens is 3. The number of nitrogens with zero attached hydrogens (tertiary/aromatic N) is 2. The lowest BCUT2D eigenvalue weighted by molar-refractivity contribution is 0.262. The summed E-state index contributed by atoms with van der Waals surface area (Å²) in [5.41, 5.74) is 2.25. The van der Waals surface area contributed by atoms with Crippen molar-refractivity contribution >= 4 is 39.3 Å². The van der Waals surface area contributed by atoms with E-state index in [4.69, 9.17) is 11.6 Å². The number of hydrogen-bond donors (Lipinski definition) is 3. The second kappa shape index (κ2) is 7.87. The molecule has 7 nitrogen and oxygen atoms in total. The van der Waals surface area contributed by atoms with Crippen molar-refractivity contribution in [2.45, 2.75) is 6.50 Å². The quantitative estimate of drug-likeness (QED) is 0.367. The van der Waals surface area contributed by atoms with Gasteiger partial charge in [0.05, 0.1) is 30.8 Å². The standard InChI is InChI=1S/C24H21N5O2/c1-31-22-10-3-2-7-20(22)28-24(30)27-19-8-4-9-21-18(19)11-13-29(21)15-16-14-26-23-17(16)6-5-12-25-23/h2-14H,15H2,1H3,(H,25,26)(H2,27,28,30)/i1D3,15D2. The van der Waals surface area contributed by atoms with Crippen molar-refractivity contribution in [3.8, 4) is 5.75 Å². The largest absolute Gasteiger partial charge is 0.495 e. The number of methoxy groups -OCH3 is 1. The summed E-state index contributed by atoms with van der Waals surface area (Å²) in [6.45, 7) is -1.91. The highest BCUT2D eigenvalue weighted by atomic mass is 16.5. The van der Waals surface area contributed by atoms with E-state index in [1.807, 2.05) is 6.07 Å². The van der Waals surface area contributed by atoms with Crippen LogP contribution in [-0.4, -0.2) is 27.6 Å². The summed E-state index contributed by atoms with van der Waals surface area (Å²) in [4.78, 5) is 20.0. The average molecular weight is 416 g/mol. The number of para-hydroxylation sites is 2. The van der Waals surface area contributed by atoms with Crippen LogP contribution in [0.4, 0.5) is 16.2 Å². The summed E-state index contributed by atoms with van der Waals surface area (Å²) < 4.78 is 46.2. The highest BCUT2D eigenvalue weighted by Gasteiger charge is 2.12. The number of pyridine rings is 1. The van der Waals surface area contributed by atoms with Crippen LogP contribution in [0.1, 0.15) is 12.4 Å². The molecule has 0 saturated heterocycles. The van der Waals surface area contributed by atoms with Gasteiger partial charge in [0.2, 0.25) is 0 Å². The Hall–Kier alpha value is -4.26. The number of anilines is 2. The van der Waals surface area contributed by atoms with Crippen molar-refractivity contribution in [3.63, 3.8) is 0 Å². The molecule has 0 spiro atoms.